The molecule has 0 spiro atoms. The van der Waals surface area contributed by atoms with Gasteiger partial charge in [-0.05, 0) is 25.0 Å². The van der Waals surface area contributed by atoms with Crippen molar-refractivity contribution in [2.45, 2.75) is 31.7 Å². The highest BCUT2D eigenvalue weighted by Crippen LogP contribution is 2.26. The fourth-order valence-electron chi connectivity index (χ4n) is 3.47. The first-order valence-electron chi connectivity index (χ1n) is 8.30. The van der Waals surface area contributed by atoms with Gasteiger partial charge in [-0.3, -0.25) is 20.0 Å². The largest absolute Gasteiger partial charge is 0.341 e. The van der Waals surface area contributed by atoms with Crippen molar-refractivity contribution in [2.24, 2.45) is 9.98 Å². The second-order valence-corrected chi connectivity index (χ2v) is 6.24. The molecule has 7 nitrogen and oxygen atoms in total. The van der Waals surface area contributed by atoms with Gasteiger partial charge in [0.1, 0.15) is 13.1 Å². The van der Waals surface area contributed by atoms with Gasteiger partial charge in [0.2, 0.25) is 0 Å². The van der Waals surface area contributed by atoms with Crippen LogP contribution in [0.3, 0.4) is 0 Å². The third kappa shape index (κ3) is 2.66. The molecule has 0 atom stereocenters. The standard InChI is InChI=1S/C17H19N5O2/c23-14-11-21(12-6-4-5-7-12)17(19-14)16-18-10-15(24)22(20-16)13-8-2-1-3-9-13/h1-3,8-9,12H,4-7,10-11H2,(H,18,20). The molecular weight excluding hydrogens is 306 g/mol. The second-order valence-electron chi connectivity index (χ2n) is 6.24. The quantitative estimate of drug-likeness (QED) is 0.903. The van der Waals surface area contributed by atoms with Crippen LogP contribution in [0.1, 0.15) is 25.7 Å². The second kappa shape index (κ2) is 6.07. The number of benzene rings is 1. The Morgan fingerprint density at radius 2 is 1.83 bits per heavy atom. The SMILES string of the molecule is O=C1CN(C2CCCC2)C(C2=NCC(=O)N(c3ccccc3)N2)=N1. The van der Waals surface area contributed by atoms with Crippen LogP contribution < -0.4 is 10.4 Å². The fraction of sp³-hybridized carbons (Fsp3) is 0.412. The van der Waals surface area contributed by atoms with Gasteiger partial charge in [-0.1, -0.05) is 31.0 Å². The third-order valence-electron chi connectivity index (χ3n) is 4.64. The summed E-state index contributed by atoms with van der Waals surface area (Å²) in [4.78, 5) is 34.6. The maximum Gasteiger partial charge on any atom is 0.267 e. The molecule has 1 N–H and O–H groups in total. The summed E-state index contributed by atoms with van der Waals surface area (Å²) >= 11 is 0. The van der Waals surface area contributed by atoms with Crippen LogP contribution in [0.5, 0.6) is 0 Å². The highest BCUT2D eigenvalue weighted by Gasteiger charge is 2.36. The number of anilines is 1. The molecule has 1 fully saturated rings. The summed E-state index contributed by atoms with van der Waals surface area (Å²) < 4.78 is 0. The zero-order valence-corrected chi connectivity index (χ0v) is 13.3. The zero-order chi connectivity index (χ0) is 16.5. The normalized spacial score (nSPS) is 21.8. The first kappa shape index (κ1) is 14.9. The van der Waals surface area contributed by atoms with E-state index in [9.17, 15) is 9.59 Å². The predicted molar refractivity (Wildman–Crippen MR) is 90.8 cm³/mol. The zero-order valence-electron chi connectivity index (χ0n) is 13.3. The van der Waals surface area contributed by atoms with Crippen LogP contribution in [-0.4, -0.2) is 47.5 Å². The Balaban J connectivity index is 1.60. The van der Waals surface area contributed by atoms with Crippen LogP contribution in [0.15, 0.2) is 40.3 Å². The van der Waals surface area contributed by atoms with Crippen molar-refractivity contribution in [1.82, 2.24) is 10.3 Å². The van der Waals surface area contributed by atoms with Crippen LogP contribution in [0.4, 0.5) is 5.69 Å². The number of para-hydroxylation sites is 1. The van der Waals surface area contributed by atoms with Gasteiger partial charge in [-0.15, -0.1) is 0 Å². The van der Waals surface area contributed by atoms with Crippen molar-refractivity contribution in [3.63, 3.8) is 0 Å². The lowest BCUT2D eigenvalue weighted by molar-refractivity contribution is -0.118. The first-order valence-corrected chi connectivity index (χ1v) is 8.30. The molecule has 0 unspecified atom stereocenters. The molecule has 4 rings (SSSR count). The average Bonchev–Trinajstić information content (AvgIpc) is 3.25. The highest BCUT2D eigenvalue weighted by molar-refractivity contribution is 6.44. The van der Waals surface area contributed by atoms with Crippen molar-refractivity contribution >= 4 is 29.2 Å². The van der Waals surface area contributed by atoms with Crippen molar-refractivity contribution < 1.29 is 9.59 Å². The topological polar surface area (TPSA) is 77.4 Å². The Labute approximate surface area is 140 Å². The van der Waals surface area contributed by atoms with Gasteiger partial charge in [-0.25, -0.2) is 5.01 Å². The molecule has 0 radical (unpaired) electrons. The first-order chi connectivity index (χ1) is 11.7. The smallest absolute Gasteiger partial charge is 0.267 e. The monoisotopic (exact) mass is 325 g/mol. The van der Waals surface area contributed by atoms with Gasteiger partial charge in [0, 0.05) is 6.04 Å². The minimum absolute atomic E-state index is 0.0446. The van der Waals surface area contributed by atoms with Gasteiger partial charge in [0.15, 0.2) is 11.7 Å². The number of hydrogen-bond acceptors (Lipinski definition) is 5. The summed E-state index contributed by atoms with van der Waals surface area (Å²) in [6.07, 6.45) is 4.50. The Morgan fingerprint density at radius 3 is 2.58 bits per heavy atom. The molecule has 24 heavy (non-hydrogen) atoms. The maximum atomic E-state index is 12.2. The van der Waals surface area contributed by atoms with Crippen LogP contribution >= 0.6 is 0 Å². The van der Waals surface area contributed by atoms with Crippen molar-refractivity contribution in [3.8, 4) is 0 Å². The molecular formula is C17H19N5O2. The number of rotatable bonds is 3. The number of nitrogens with zero attached hydrogens (tertiary/aromatic N) is 4. The molecule has 2 heterocycles. The number of amidine groups is 2. The van der Waals surface area contributed by atoms with E-state index in [1.54, 1.807) is 0 Å². The number of hydrazine groups is 1. The predicted octanol–water partition coefficient (Wildman–Crippen LogP) is 1.12. The summed E-state index contributed by atoms with van der Waals surface area (Å²) in [5.41, 5.74) is 3.79. The number of hydrogen-bond donors (Lipinski definition) is 1. The minimum atomic E-state index is -0.149. The maximum absolute atomic E-state index is 12.2. The number of nitrogens with one attached hydrogen (secondary N) is 1. The number of carbonyl (C=O) groups is 2. The van der Waals surface area contributed by atoms with E-state index in [4.69, 9.17) is 0 Å². The number of aliphatic imine (C=N–C) groups is 2. The molecule has 3 aliphatic rings. The Morgan fingerprint density at radius 1 is 1.08 bits per heavy atom. The Hall–Kier alpha value is -2.70. The van der Waals surface area contributed by atoms with E-state index < -0.39 is 0 Å². The Kier molecular flexibility index (Phi) is 3.76. The third-order valence-corrected chi connectivity index (χ3v) is 4.64. The molecule has 2 aliphatic heterocycles. The lowest BCUT2D eigenvalue weighted by Gasteiger charge is -2.32. The van der Waals surface area contributed by atoms with E-state index in [0.717, 1.165) is 18.5 Å². The molecule has 2 amide bonds. The summed E-state index contributed by atoms with van der Waals surface area (Å²) in [6.45, 7) is 0.350. The van der Waals surface area contributed by atoms with Gasteiger partial charge in [0.25, 0.3) is 11.8 Å². The van der Waals surface area contributed by atoms with E-state index in [2.05, 4.69) is 15.4 Å². The van der Waals surface area contributed by atoms with Gasteiger partial charge < -0.3 is 4.90 Å². The molecule has 0 bridgehead atoms. The molecule has 1 aromatic rings. The van der Waals surface area contributed by atoms with E-state index in [-0.39, 0.29) is 18.4 Å². The molecule has 0 aromatic heterocycles. The molecule has 124 valence electrons. The summed E-state index contributed by atoms with van der Waals surface area (Å²) in [5, 5.41) is 1.47. The highest BCUT2D eigenvalue weighted by atomic mass is 16.2. The number of amides is 2. The van der Waals surface area contributed by atoms with E-state index in [1.807, 2.05) is 35.2 Å². The van der Waals surface area contributed by atoms with Crippen LogP contribution in [0, 0.1) is 0 Å². The summed E-state index contributed by atoms with van der Waals surface area (Å²) in [6, 6.07) is 9.68. The van der Waals surface area contributed by atoms with Crippen molar-refractivity contribution in [3.05, 3.63) is 30.3 Å². The van der Waals surface area contributed by atoms with E-state index in [0.29, 0.717) is 24.3 Å². The molecule has 0 saturated heterocycles. The van der Waals surface area contributed by atoms with Gasteiger partial charge in [0.05, 0.1) is 5.69 Å². The summed E-state index contributed by atoms with van der Waals surface area (Å²) in [7, 11) is 0. The van der Waals surface area contributed by atoms with Gasteiger partial charge in [-0.2, -0.15) is 4.99 Å². The lowest BCUT2D eigenvalue weighted by Crippen LogP contribution is -2.56. The Bertz CT molecular complexity index is 722. The lowest BCUT2D eigenvalue weighted by atomic mass is 10.2. The number of carbonyl (C=O) groups excluding carboxylic acids is 2. The van der Waals surface area contributed by atoms with Gasteiger partial charge >= 0.3 is 0 Å². The van der Waals surface area contributed by atoms with Crippen LogP contribution in [0.25, 0.3) is 0 Å². The molecule has 1 saturated carbocycles. The fourth-order valence-corrected chi connectivity index (χ4v) is 3.47. The van der Waals surface area contributed by atoms with Crippen LogP contribution in [-0.2, 0) is 9.59 Å². The van der Waals surface area contributed by atoms with Crippen molar-refractivity contribution in [2.75, 3.05) is 18.1 Å². The average molecular weight is 325 g/mol. The van der Waals surface area contributed by atoms with E-state index in [1.165, 1.54) is 17.9 Å². The molecule has 7 heteroatoms. The summed E-state index contributed by atoms with van der Waals surface area (Å²) in [5.74, 6) is 0.781. The molecule has 1 aliphatic carbocycles. The molecule has 1 aromatic carbocycles. The minimum Gasteiger partial charge on any atom is -0.341 e. The van der Waals surface area contributed by atoms with E-state index >= 15 is 0 Å². The van der Waals surface area contributed by atoms with Crippen LogP contribution in [0.2, 0.25) is 0 Å². The van der Waals surface area contributed by atoms with Crippen molar-refractivity contribution in [1.29, 1.82) is 0 Å².